The molecule has 0 radical (unpaired) electrons. The summed E-state index contributed by atoms with van der Waals surface area (Å²) in [5.74, 6) is 0.344. The number of primary amides is 1. The summed E-state index contributed by atoms with van der Waals surface area (Å²) in [6.45, 7) is 5.25. The Bertz CT molecular complexity index is 1140. The molecule has 1 amide bonds. The molecule has 4 nitrogen and oxygen atoms in total. The van der Waals surface area contributed by atoms with Gasteiger partial charge in [-0.25, -0.2) is 0 Å². The van der Waals surface area contributed by atoms with Gasteiger partial charge in [0.05, 0.1) is 7.11 Å². The Balaban J connectivity index is 1.70. The highest BCUT2D eigenvalue weighted by Crippen LogP contribution is 2.38. The second kappa shape index (κ2) is 8.25. The van der Waals surface area contributed by atoms with Crippen LogP contribution >= 0.6 is 11.6 Å². The van der Waals surface area contributed by atoms with Crippen molar-refractivity contribution in [3.05, 3.63) is 89.0 Å². The molecule has 0 aliphatic carbocycles. The molecule has 5 heteroatoms. The van der Waals surface area contributed by atoms with Crippen molar-refractivity contribution in [2.75, 3.05) is 18.6 Å². The molecule has 0 saturated carbocycles. The van der Waals surface area contributed by atoms with E-state index in [0.717, 1.165) is 53.2 Å². The average molecular weight is 419 g/mol. The van der Waals surface area contributed by atoms with Crippen molar-refractivity contribution < 1.29 is 9.53 Å². The number of carbonyl (C=O) groups excluding carboxylic acids is 1. The molecule has 3 aromatic rings. The van der Waals surface area contributed by atoms with Gasteiger partial charge in [0.2, 0.25) is 5.91 Å². The predicted octanol–water partition coefficient (Wildman–Crippen LogP) is 5.54. The van der Waals surface area contributed by atoms with Crippen LogP contribution in [0.5, 0.6) is 5.75 Å². The van der Waals surface area contributed by atoms with Crippen LogP contribution in [0.3, 0.4) is 0 Å². The lowest BCUT2D eigenvalue weighted by atomic mass is 9.94. The van der Waals surface area contributed by atoms with Crippen LogP contribution in [0.1, 0.15) is 27.9 Å². The van der Waals surface area contributed by atoms with Crippen molar-refractivity contribution in [3.8, 4) is 16.9 Å². The number of carbonyl (C=O) groups is 1. The Labute approximate surface area is 181 Å². The second-order valence-corrected chi connectivity index (χ2v) is 7.74. The Morgan fingerprint density at radius 3 is 2.70 bits per heavy atom. The lowest BCUT2D eigenvalue weighted by Gasteiger charge is -2.33. The van der Waals surface area contributed by atoms with Gasteiger partial charge in [-0.2, -0.15) is 0 Å². The van der Waals surface area contributed by atoms with Gasteiger partial charge in [-0.05, 0) is 66.4 Å². The summed E-state index contributed by atoms with van der Waals surface area (Å²) in [7, 11) is 1.66. The summed E-state index contributed by atoms with van der Waals surface area (Å²) in [6.07, 6.45) is 1.99. The van der Waals surface area contributed by atoms with Crippen LogP contribution in [-0.4, -0.2) is 19.6 Å². The van der Waals surface area contributed by atoms with E-state index in [4.69, 9.17) is 22.1 Å². The van der Waals surface area contributed by atoms with Crippen LogP contribution in [-0.2, 0) is 6.42 Å². The maximum atomic E-state index is 11.6. The van der Waals surface area contributed by atoms with E-state index < -0.39 is 5.91 Å². The summed E-state index contributed by atoms with van der Waals surface area (Å²) in [6, 6.07) is 19.3. The average Bonchev–Trinajstić information content (AvgIpc) is 2.78. The molecule has 1 aliphatic heterocycles. The molecule has 152 valence electrons. The highest BCUT2D eigenvalue weighted by atomic mass is 35.5. The van der Waals surface area contributed by atoms with Gasteiger partial charge >= 0.3 is 0 Å². The van der Waals surface area contributed by atoms with Gasteiger partial charge in [-0.3, -0.25) is 4.79 Å². The molecule has 0 fully saturated rings. The molecule has 2 N–H and O–H groups in total. The van der Waals surface area contributed by atoms with E-state index in [2.05, 4.69) is 23.6 Å². The van der Waals surface area contributed by atoms with E-state index in [1.807, 2.05) is 30.3 Å². The van der Waals surface area contributed by atoms with Gasteiger partial charge in [-0.15, -0.1) is 0 Å². The number of fused-ring (bicyclic) bond motifs is 1. The van der Waals surface area contributed by atoms with E-state index in [-0.39, 0.29) is 0 Å². The summed E-state index contributed by atoms with van der Waals surface area (Å²) in [5.41, 5.74) is 12.0. The van der Waals surface area contributed by atoms with Crippen molar-refractivity contribution in [2.45, 2.75) is 12.8 Å². The largest absolute Gasteiger partial charge is 0.497 e. The van der Waals surface area contributed by atoms with E-state index in [0.29, 0.717) is 10.6 Å². The van der Waals surface area contributed by atoms with Crippen molar-refractivity contribution in [1.82, 2.24) is 0 Å². The number of benzene rings is 3. The Hall–Kier alpha value is -3.24. The molecule has 0 unspecified atom stereocenters. The van der Waals surface area contributed by atoms with Crippen molar-refractivity contribution in [1.29, 1.82) is 0 Å². The highest BCUT2D eigenvalue weighted by Gasteiger charge is 2.21. The first kappa shape index (κ1) is 20.0. The van der Waals surface area contributed by atoms with Crippen LogP contribution in [0.4, 0.5) is 5.69 Å². The zero-order valence-electron chi connectivity index (χ0n) is 16.8. The van der Waals surface area contributed by atoms with E-state index in [1.165, 1.54) is 5.56 Å². The van der Waals surface area contributed by atoms with Gasteiger partial charge in [0, 0.05) is 39.6 Å². The van der Waals surface area contributed by atoms with Crippen LogP contribution in [0.2, 0.25) is 5.02 Å². The molecule has 0 spiro atoms. The molecule has 1 heterocycles. The molecular weight excluding hydrogens is 396 g/mol. The first-order valence-corrected chi connectivity index (χ1v) is 10.2. The second-order valence-electron chi connectivity index (χ2n) is 7.34. The van der Waals surface area contributed by atoms with E-state index in [9.17, 15) is 4.79 Å². The zero-order valence-corrected chi connectivity index (χ0v) is 17.6. The van der Waals surface area contributed by atoms with Crippen LogP contribution in [0.15, 0.2) is 67.2 Å². The third-order valence-electron chi connectivity index (χ3n) is 5.49. The Morgan fingerprint density at radius 1 is 1.10 bits per heavy atom. The first-order chi connectivity index (χ1) is 14.5. The summed E-state index contributed by atoms with van der Waals surface area (Å²) in [4.78, 5) is 13.8. The third-order valence-corrected chi connectivity index (χ3v) is 5.82. The van der Waals surface area contributed by atoms with Crippen molar-refractivity contribution in [3.63, 3.8) is 0 Å². The van der Waals surface area contributed by atoms with Crippen LogP contribution in [0, 0.1) is 0 Å². The molecule has 0 saturated heterocycles. The minimum atomic E-state index is -0.466. The number of ether oxygens (including phenoxy) is 1. The fraction of sp³-hybridized carbons (Fsp3) is 0.160. The lowest BCUT2D eigenvalue weighted by molar-refractivity contribution is 0.100. The van der Waals surface area contributed by atoms with Crippen molar-refractivity contribution in [2.24, 2.45) is 5.73 Å². The number of halogens is 1. The number of hydrogen-bond acceptors (Lipinski definition) is 3. The number of rotatable bonds is 5. The molecule has 0 atom stereocenters. The third kappa shape index (κ3) is 3.79. The minimum Gasteiger partial charge on any atom is -0.497 e. The number of anilines is 1. The molecule has 1 aliphatic rings. The van der Waals surface area contributed by atoms with Gasteiger partial charge in [0.1, 0.15) is 5.75 Å². The smallest absolute Gasteiger partial charge is 0.248 e. The molecule has 30 heavy (non-hydrogen) atoms. The fourth-order valence-electron chi connectivity index (χ4n) is 3.90. The normalized spacial score (nSPS) is 12.9. The maximum absolute atomic E-state index is 11.6. The molecule has 3 aromatic carbocycles. The lowest BCUT2D eigenvalue weighted by Crippen LogP contribution is -2.27. The minimum absolute atomic E-state index is 0.445. The molecule has 0 aromatic heterocycles. The summed E-state index contributed by atoms with van der Waals surface area (Å²) < 4.78 is 5.36. The Kier molecular flexibility index (Phi) is 5.51. The van der Waals surface area contributed by atoms with Gasteiger partial charge in [0.15, 0.2) is 0 Å². The number of amides is 1. The number of hydrogen-bond donors (Lipinski definition) is 1. The van der Waals surface area contributed by atoms with Gasteiger partial charge in [0.25, 0.3) is 0 Å². The summed E-state index contributed by atoms with van der Waals surface area (Å²) in [5, 5.41) is 0.591. The van der Waals surface area contributed by atoms with Gasteiger partial charge in [-0.1, -0.05) is 36.4 Å². The van der Waals surface area contributed by atoms with Crippen LogP contribution < -0.4 is 15.4 Å². The first-order valence-electron chi connectivity index (χ1n) is 9.81. The monoisotopic (exact) mass is 418 g/mol. The summed E-state index contributed by atoms with van der Waals surface area (Å²) >= 11 is 6.42. The standard InChI is InChI=1S/C25H23ClN2O2/c1-16(17-5-3-7-21(14-17)30-2)28-12-4-6-19-13-18(9-11-24(19)28)22-15-20(25(27)29)8-10-23(22)26/h3,5,7-11,13-15H,1,4,6,12H2,2H3,(H2,27,29). The Morgan fingerprint density at radius 2 is 1.93 bits per heavy atom. The molecular formula is C25H23ClN2O2. The van der Waals surface area contributed by atoms with Crippen molar-refractivity contribution >= 4 is 28.9 Å². The predicted molar refractivity (Wildman–Crippen MR) is 123 cm³/mol. The van der Waals surface area contributed by atoms with Crippen LogP contribution in [0.25, 0.3) is 16.8 Å². The number of nitrogens with zero attached hydrogens (tertiary/aromatic N) is 1. The molecule has 0 bridgehead atoms. The quantitative estimate of drug-likeness (QED) is 0.592. The topological polar surface area (TPSA) is 55.6 Å². The van der Waals surface area contributed by atoms with E-state index >= 15 is 0 Å². The number of nitrogens with two attached hydrogens (primary N) is 1. The van der Waals surface area contributed by atoms with E-state index in [1.54, 1.807) is 25.3 Å². The number of methoxy groups -OCH3 is 1. The number of aryl methyl sites for hydroxylation is 1. The SMILES string of the molecule is C=C(c1cccc(OC)c1)N1CCCc2cc(-c3cc(C(N)=O)ccc3Cl)ccc21. The zero-order chi connectivity index (χ0) is 21.3. The fourth-order valence-corrected chi connectivity index (χ4v) is 4.13. The van der Waals surface area contributed by atoms with Gasteiger partial charge < -0.3 is 15.4 Å². The maximum Gasteiger partial charge on any atom is 0.248 e. The molecule has 4 rings (SSSR count). The highest BCUT2D eigenvalue weighted by molar-refractivity contribution is 6.33.